The Morgan fingerprint density at radius 3 is 3.12 bits per heavy atom. The first-order valence-electron chi connectivity index (χ1n) is 5.21. The third-order valence-corrected chi connectivity index (χ3v) is 2.89. The Morgan fingerprint density at radius 1 is 1.69 bits per heavy atom. The van der Waals surface area contributed by atoms with Gasteiger partial charge in [-0.05, 0) is 25.5 Å². The molecule has 5 heteroatoms. The lowest BCUT2D eigenvalue weighted by Crippen LogP contribution is -2.36. The molecule has 4 nitrogen and oxygen atoms in total. The number of nitrogens with zero attached hydrogens (tertiary/aromatic N) is 1. The minimum Gasteiger partial charge on any atom is -0.388 e. The molecule has 3 N–H and O–H groups in total. The number of aromatic nitrogens is 1. The number of rotatable bonds is 3. The highest BCUT2D eigenvalue weighted by atomic mass is 32.1. The number of ether oxygens (including phenoxy) is 1. The summed E-state index contributed by atoms with van der Waals surface area (Å²) in [5.41, 5.74) is 7.10. The van der Waals surface area contributed by atoms with E-state index < -0.39 is 0 Å². The zero-order chi connectivity index (χ0) is 11.6. The number of thiocarbonyl (C=S) groups is 1. The summed E-state index contributed by atoms with van der Waals surface area (Å²) in [5, 5.41) is 3.41. The smallest absolute Gasteiger partial charge is 0.124 e. The molecule has 16 heavy (non-hydrogen) atoms. The molecule has 1 aromatic rings. The molecule has 0 saturated carbocycles. The maximum absolute atomic E-state index is 5.63. The minimum atomic E-state index is -0.0530. The van der Waals surface area contributed by atoms with Crippen LogP contribution < -0.4 is 11.1 Å². The average Bonchev–Trinajstić information content (AvgIpc) is 2.65. The van der Waals surface area contributed by atoms with Crippen molar-refractivity contribution in [2.24, 2.45) is 5.73 Å². The van der Waals surface area contributed by atoms with E-state index in [4.69, 9.17) is 22.7 Å². The summed E-state index contributed by atoms with van der Waals surface area (Å²) >= 11 is 4.97. The van der Waals surface area contributed by atoms with Crippen LogP contribution >= 0.6 is 12.2 Å². The van der Waals surface area contributed by atoms with Crippen molar-refractivity contribution in [1.82, 2.24) is 4.98 Å². The number of nitrogens with two attached hydrogens (primary N) is 1. The Kier molecular flexibility index (Phi) is 3.07. The third kappa shape index (κ3) is 2.31. The van der Waals surface area contributed by atoms with Crippen LogP contribution in [0.3, 0.4) is 0 Å². The van der Waals surface area contributed by atoms with Gasteiger partial charge in [0, 0.05) is 12.8 Å². The van der Waals surface area contributed by atoms with Crippen LogP contribution in [0.25, 0.3) is 0 Å². The largest absolute Gasteiger partial charge is 0.388 e. The molecule has 0 spiro atoms. The van der Waals surface area contributed by atoms with Crippen LogP contribution in [0.1, 0.15) is 19.0 Å². The number of nitrogens with one attached hydrogen (secondary N) is 1. The number of anilines is 1. The summed E-state index contributed by atoms with van der Waals surface area (Å²) in [5.74, 6) is 0. The number of hydrogen-bond donors (Lipinski definition) is 2. The third-order valence-electron chi connectivity index (χ3n) is 2.70. The molecule has 1 aromatic heterocycles. The van der Waals surface area contributed by atoms with Crippen molar-refractivity contribution in [3.8, 4) is 0 Å². The monoisotopic (exact) mass is 237 g/mol. The topological polar surface area (TPSA) is 60.2 Å². The molecule has 0 amide bonds. The number of pyridine rings is 1. The second kappa shape index (κ2) is 4.35. The van der Waals surface area contributed by atoms with Gasteiger partial charge in [0.15, 0.2) is 0 Å². The lowest BCUT2D eigenvalue weighted by molar-refractivity contribution is 0.185. The van der Waals surface area contributed by atoms with Crippen LogP contribution in [0, 0.1) is 0 Å². The van der Waals surface area contributed by atoms with E-state index in [1.54, 1.807) is 6.20 Å². The Morgan fingerprint density at radius 2 is 2.50 bits per heavy atom. The van der Waals surface area contributed by atoms with Gasteiger partial charge in [-0.25, -0.2) is 0 Å². The molecule has 0 aromatic carbocycles. The normalized spacial score (nSPS) is 24.3. The maximum Gasteiger partial charge on any atom is 0.124 e. The van der Waals surface area contributed by atoms with Crippen molar-refractivity contribution >= 4 is 22.9 Å². The Hall–Kier alpha value is -1.20. The summed E-state index contributed by atoms with van der Waals surface area (Å²) in [4.78, 5) is 4.49. The molecule has 0 bridgehead atoms. The van der Waals surface area contributed by atoms with Gasteiger partial charge >= 0.3 is 0 Å². The molecule has 1 fully saturated rings. The van der Waals surface area contributed by atoms with Crippen LogP contribution in [-0.2, 0) is 4.74 Å². The van der Waals surface area contributed by atoms with Crippen molar-refractivity contribution in [3.05, 3.63) is 24.0 Å². The summed E-state index contributed by atoms with van der Waals surface area (Å²) in [6.07, 6.45) is 2.66. The predicted molar refractivity (Wildman–Crippen MR) is 67.6 cm³/mol. The van der Waals surface area contributed by atoms with Crippen molar-refractivity contribution in [2.45, 2.75) is 18.9 Å². The van der Waals surface area contributed by atoms with E-state index in [0.29, 0.717) is 17.3 Å². The lowest BCUT2D eigenvalue weighted by atomic mass is 10.0. The highest BCUT2D eigenvalue weighted by Gasteiger charge is 2.30. The van der Waals surface area contributed by atoms with Crippen LogP contribution in [0.15, 0.2) is 18.3 Å². The first-order chi connectivity index (χ1) is 7.61. The van der Waals surface area contributed by atoms with Crippen LogP contribution in [0.5, 0.6) is 0 Å². The number of hydrogen-bond acceptors (Lipinski definition) is 4. The Labute approximate surface area is 100 Å². The molecule has 2 rings (SSSR count). The molecule has 0 aliphatic carbocycles. The quantitative estimate of drug-likeness (QED) is 0.776. The molecule has 2 heterocycles. The van der Waals surface area contributed by atoms with Gasteiger partial charge in [0.1, 0.15) is 10.7 Å². The zero-order valence-corrected chi connectivity index (χ0v) is 10.0. The van der Waals surface area contributed by atoms with Gasteiger partial charge in [-0.15, -0.1) is 0 Å². The molecular formula is C11H15N3OS. The van der Waals surface area contributed by atoms with E-state index in [9.17, 15) is 0 Å². The molecule has 1 atom stereocenters. The SMILES string of the molecule is CC1(Nc2cccnc2C(N)=S)CCOC1. The fourth-order valence-electron chi connectivity index (χ4n) is 1.79. The Bertz CT molecular complexity index is 402. The van der Waals surface area contributed by atoms with Gasteiger partial charge in [0.05, 0.1) is 17.8 Å². The van der Waals surface area contributed by atoms with E-state index >= 15 is 0 Å². The van der Waals surface area contributed by atoms with Crippen molar-refractivity contribution in [2.75, 3.05) is 18.5 Å². The van der Waals surface area contributed by atoms with Gasteiger partial charge in [-0.2, -0.15) is 0 Å². The fourth-order valence-corrected chi connectivity index (χ4v) is 1.96. The molecule has 1 saturated heterocycles. The highest BCUT2D eigenvalue weighted by molar-refractivity contribution is 7.80. The molecular weight excluding hydrogens is 222 g/mol. The van der Waals surface area contributed by atoms with E-state index in [1.807, 2.05) is 12.1 Å². The molecule has 1 aliphatic rings. The zero-order valence-electron chi connectivity index (χ0n) is 9.19. The van der Waals surface area contributed by atoms with Crippen molar-refractivity contribution in [1.29, 1.82) is 0 Å². The van der Waals surface area contributed by atoms with Crippen LogP contribution in [-0.4, -0.2) is 28.7 Å². The van der Waals surface area contributed by atoms with Crippen LogP contribution in [0.4, 0.5) is 5.69 Å². The van der Waals surface area contributed by atoms with Gasteiger partial charge in [-0.1, -0.05) is 12.2 Å². The summed E-state index contributed by atoms with van der Waals surface area (Å²) in [7, 11) is 0. The second-order valence-electron chi connectivity index (χ2n) is 4.25. The second-order valence-corrected chi connectivity index (χ2v) is 4.69. The summed E-state index contributed by atoms with van der Waals surface area (Å²) in [6, 6.07) is 3.80. The first kappa shape index (κ1) is 11.3. The van der Waals surface area contributed by atoms with Gasteiger partial charge < -0.3 is 15.8 Å². The van der Waals surface area contributed by atoms with Gasteiger partial charge in [0.25, 0.3) is 0 Å². The molecule has 86 valence electrons. The molecule has 1 aliphatic heterocycles. The van der Waals surface area contributed by atoms with E-state index in [-0.39, 0.29) is 5.54 Å². The average molecular weight is 237 g/mol. The predicted octanol–water partition coefficient (Wildman–Crippen LogP) is 1.31. The van der Waals surface area contributed by atoms with Gasteiger partial charge in [0.2, 0.25) is 0 Å². The first-order valence-corrected chi connectivity index (χ1v) is 5.62. The molecule has 0 radical (unpaired) electrons. The summed E-state index contributed by atoms with van der Waals surface area (Å²) in [6.45, 7) is 3.60. The van der Waals surface area contributed by atoms with E-state index in [2.05, 4.69) is 17.2 Å². The summed E-state index contributed by atoms with van der Waals surface area (Å²) < 4.78 is 5.39. The fraction of sp³-hybridized carbons (Fsp3) is 0.455. The lowest BCUT2D eigenvalue weighted by Gasteiger charge is -2.25. The maximum atomic E-state index is 5.63. The van der Waals surface area contributed by atoms with Gasteiger partial charge in [-0.3, -0.25) is 4.98 Å². The molecule has 1 unspecified atom stereocenters. The highest BCUT2D eigenvalue weighted by Crippen LogP contribution is 2.25. The van der Waals surface area contributed by atoms with E-state index in [1.165, 1.54) is 0 Å². The van der Waals surface area contributed by atoms with Crippen LogP contribution in [0.2, 0.25) is 0 Å². The minimum absolute atomic E-state index is 0.0530. The van der Waals surface area contributed by atoms with Crippen molar-refractivity contribution in [3.63, 3.8) is 0 Å². The Balaban J connectivity index is 2.23. The van der Waals surface area contributed by atoms with Crippen molar-refractivity contribution < 1.29 is 4.74 Å². The standard InChI is InChI=1S/C11H15N3OS/c1-11(4-6-15-7-11)14-8-3-2-5-13-9(8)10(12)16/h2-3,5,14H,4,6-7H2,1H3,(H2,12,16). The van der Waals surface area contributed by atoms with E-state index in [0.717, 1.165) is 18.7 Å².